The van der Waals surface area contributed by atoms with Gasteiger partial charge >= 0.3 is 5.97 Å². The first kappa shape index (κ1) is 67.2. The van der Waals surface area contributed by atoms with E-state index in [0.29, 0.717) is 171 Å². The summed E-state index contributed by atoms with van der Waals surface area (Å²) >= 11 is 0. The van der Waals surface area contributed by atoms with Crippen LogP contribution in [0.4, 0.5) is 5.69 Å². The van der Waals surface area contributed by atoms with Crippen LogP contribution in [0.2, 0.25) is 0 Å². The Morgan fingerprint density at radius 2 is 0.870 bits per heavy atom. The van der Waals surface area contributed by atoms with Gasteiger partial charge in [0.15, 0.2) is 0 Å². The molecule has 2 heterocycles. The van der Waals surface area contributed by atoms with Crippen molar-refractivity contribution in [3.05, 3.63) is 29.3 Å². The summed E-state index contributed by atoms with van der Waals surface area (Å²) in [6, 6.07) is 3.52. The predicted molar refractivity (Wildman–Crippen MR) is 283 cm³/mol. The number of ether oxygens (including phenoxy) is 13. The number of fused-ring (bicyclic) bond motifs is 1. The Bertz CT molecular complexity index is 1740. The van der Waals surface area contributed by atoms with Gasteiger partial charge < -0.3 is 66.9 Å². The molecule has 77 heavy (non-hydrogen) atoms. The van der Waals surface area contributed by atoms with E-state index in [9.17, 15) is 28.8 Å². The summed E-state index contributed by atoms with van der Waals surface area (Å²) in [5.74, 6) is -2.88. The summed E-state index contributed by atoms with van der Waals surface area (Å²) in [6.45, 7) is 13.5. The van der Waals surface area contributed by atoms with Crippen LogP contribution in [0.5, 0.6) is 0 Å². The summed E-state index contributed by atoms with van der Waals surface area (Å²) in [5, 5.41) is 4.91. The van der Waals surface area contributed by atoms with Gasteiger partial charge in [0.1, 0.15) is 12.6 Å². The molecule has 0 aliphatic carbocycles. The monoisotopic (exact) mass is 1100 g/mol. The molecule has 1 fully saturated rings. The summed E-state index contributed by atoms with van der Waals surface area (Å²) in [5.41, 5.74) is 0.371. The predicted octanol–water partition coefficient (Wildman–Crippen LogP) is 5.25. The molecule has 1 aromatic rings. The van der Waals surface area contributed by atoms with Crippen molar-refractivity contribution >= 4 is 41.2 Å². The topological polar surface area (TPSA) is 250 Å². The van der Waals surface area contributed by atoms with Gasteiger partial charge in [-0.3, -0.25) is 39.0 Å². The molecule has 0 aromatic heterocycles. The van der Waals surface area contributed by atoms with Gasteiger partial charge in [0.05, 0.1) is 169 Å². The van der Waals surface area contributed by atoms with E-state index in [4.69, 9.17) is 61.6 Å². The third-order valence-electron chi connectivity index (χ3n) is 12.0. The van der Waals surface area contributed by atoms with E-state index < -0.39 is 29.7 Å². The van der Waals surface area contributed by atoms with Gasteiger partial charge in [-0.2, -0.15) is 0 Å². The van der Waals surface area contributed by atoms with Crippen LogP contribution in [0.3, 0.4) is 0 Å². The molecule has 1 atom stereocenters. The molecule has 0 radical (unpaired) electrons. The molecule has 0 bridgehead atoms. The highest BCUT2D eigenvalue weighted by molar-refractivity contribution is 6.26. The normalized spacial score (nSPS) is 14.4. The maximum absolute atomic E-state index is 13.2. The van der Waals surface area contributed by atoms with Gasteiger partial charge in [0, 0.05) is 25.9 Å². The fraction of sp³-hybridized carbons (Fsp3) is 0.782. The third kappa shape index (κ3) is 33.2. The zero-order valence-electron chi connectivity index (χ0n) is 46.0. The van der Waals surface area contributed by atoms with Crippen molar-refractivity contribution in [2.24, 2.45) is 0 Å². The molecule has 2 aliphatic heterocycles. The van der Waals surface area contributed by atoms with Crippen LogP contribution < -0.4 is 10.6 Å². The average Bonchev–Trinajstić information content (AvgIpc) is 3.71. The molecule has 1 saturated heterocycles. The van der Waals surface area contributed by atoms with Crippen LogP contribution in [0, 0.1) is 0 Å². The van der Waals surface area contributed by atoms with Crippen LogP contribution >= 0.6 is 0 Å². The van der Waals surface area contributed by atoms with Crippen LogP contribution in [0.25, 0.3) is 0 Å². The first-order valence-electron chi connectivity index (χ1n) is 28.1. The van der Waals surface area contributed by atoms with Crippen LogP contribution in [-0.4, -0.2) is 212 Å². The van der Waals surface area contributed by atoms with E-state index in [1.165, 1.54) is 51.0 Å². The first-order chi connectivity index (χ1) is 37.8. The van der Waals surface area contributed by atoms with Gasteiger partial charge in [0.2, 0.25) is 17.7 Å². The van der Waals surface area contributed by atoms with Gasteiger partial charge in [0.25, 0.3) is 11.8 Å². The van der Waals surface area contributed by atoms with Crippen LogP contribution in [0.15, 0.2) is 18.2 Å². The first-order valence-corrected chi connectivity index (χ1v) is 28.1. The maximum Gasteiger partial charge on any atom is 0.305 e. The molecule has 0 spiro atoms. The zero-order valence-corrected chi connectivity index (χ0v) is 46.0. The number of benzene rings is 1. The Kier molecular flexibility index (Phi) is 40.9. The lowest BCUT2D eigenvalue weighted by Gasteiger charge is -2.27. The van der Waals surface area contributed by atoms with Crippen molar-refractivity contribution in [3.63, 3.8) is 0 Å². The lowest BCUT2D eigenvalue weighted by molar-refractivity contribution is -0.145. The van der Waals surface area contributed by atoms with E-state index in [-0.39, 0.29) is 54.6 Å². The fourth-order valence-corrected chi connectivity index (χ4v) is 7.89. The number of imide groups is 2. The Balaban J connectivity index is 0.928. The summed E-state index contributed by atoms with van der Waals surface area (Å²) in [7, 11) is 0. The van der Waals surface area contributed by atoms with E-state index in [1.807, 2.05) is 0 Å². The maximum atomic E-state index is 13.2. The smallest absolute Gasteiger partial charge is 0.305 e. The van der Waals surface area contributed by atoms with Crippen molar-refractivity contribution in [1.82, 2.24) is 10.2 Å². The highest BCUT2D eigenvalue weighted by atomic mass is 16.6. The lowest BCUT2D eigenvalue weighted by Crippen LogP contribution is -2.54. The van der Waals surface area contributed by atoms with Crippen molar-refractivity contribution < 1.29 is 90.3 Å². The molecule has 5 amide bonds. The van der Waals surface area contributed by atoms with E-state index in [1.54, 1.807) is 12.1 Å². The number of hydrogen-bond donors (Lipinski definition) is 2. The fourth-order valence-electron chi connectivity index (χ4n) is 7.89. The molecular weight excluding hydrogens is 1010 g/mol. The minimum atomic E-state index is -1.08. The molecule has 2 aliphatic rings. The van der Waals surface area contributed by atoms with E-state index in [0.717, 1.165) is 30.6 Å². The van der Waals surface area contributed by atoms with Gasteiger partial charge in [-0.15, -0.1) is 0 Å². The van der Waals surface area contributed by atoms with Crippen molar-refractivity contribution in [1.29, 1.82) is 0 Å². The average molecular weight is 1100 g/mol. The van der Waals surface area contributed by atoms with Crippen LogP contribution in [-0.2, 0) is 80.8 Å². The molecule has 1 unspecified atom stereocenters. The van der Waals surface area contributed by atoms with E-state index in [2.05, 4.69) is 17.6 Å². The molecule has 0 saturated carbocycles. The number of nitrogens with one attached hydrogen (secondary N) is 2. The number of unbranched alkanes of at least 4 members (excludes halogenated alkanes) is 10. The highest BCUT2D eigenvalue weighted by Gasteiger charge is 2.45. The minimum Gasteiger partial charge on any atom is -0.463 e. The second-order valence-corrected chi connectivity index (χ2v) is 18.2. The van der Waals surface area contributed by atoms with Gasteiger partial charge in [-0.25, -0.2) is 0 Å². The van der Waals surface area contributed by atoms with Crippen molar-refractivity contribution in [3.8, 4) is 0 Å². The van der Waals surface area contributed by atoms with E-state index >= 15 is 0 Å². The summed E-state index contributed by atoms with van der Waals surface area (Å²) < 4.78 is 71.5. The molecule has 3 rings (SSSR count). The number of piperidine rings is 1. The third-order valence-corrected chi connectivity index (χ3v) is 12.0. The molecule has 2 N–H and O–H groups in total. The number of amides is 5. The number of nitrogens with zero attached hydrogens (tertiary/aromatic N) is 1. The van der Waals surface area contributed by atoms with Gasteiger partial charge in [-0.1, -0.05) is 70.8 Å². The van der Waals surface area contributed by atoms with Crippen molar-refractivity contribution in [2.75, 3.05) is 170 Å². The van der Waals surface area contributed by atoms with Crippen LogP contribution in [0.1, 0.15) is 130 Å². The molecular formula is C55H91N3O19. The number of rotatable bonds is 54. The number of anilines is 1. The van der Waals surface area contributed by atoms with Gasteiger partial charge in [-0.05, 0) is 37.8 Å². The Labute approximate surface area is 456 Å². The molecule has 440 valence electrons. The highest BCUT2D eigenvalue weighted by Crippen LogP contribution is 2.32. The molecule has 1 aromatic carbocycles. The molecule has 22 heteroatoms. The second-order valence-electron chi connectivity index (χ2n) is 18.2. The van der Waals surface area contributed by atoms with Crippen molar-refractivity contribution in [2.45, 2.75) is 116 Å². The zero-order chi connectivity index (χ0) is 55.1. The largest absolute Gasteiger partial charge is 0.463 e. The number of esters is 1. The Hall–Kier alpha value is -4.04. The molecule has 22 nitrogen and oxygen atoms in total. The minimum absolute atomic E-state index is 0.0243. The Morgan fingerprint density at radius 3 is 1.31 bits per heavy atom. The summed E-state index contributed by atoms with van der Waals surface area (Å²) in [6.07, 6.45) is 13.9. The number of carbonyl (C=O) groups is 6. The quantitative estimate of drug-likeness (QED) is 0.0480. The SMILES string of the molecule is CCCCCCCCCCCC(=O)OCCOCCOCCOCCOCCOCCOCCOCCOCCOCCOCCOCCOCCCCCC(=O)Nc1cccc2c1C(=O)N(C1CCC(=O)NC1=O)C2=O. The summed E-state index contributed by atoms with van der Waals surface area (Å²) in [4.78, 5) is 75.5. The lowest BCUT2D eigenvalue weighted by atomic mass is 10.0. The number of hydrogen-bond acceptors (Lipinski definition) is 19. The Morgan fingerprint density at radius 1 is 0.481 bits per heavy atom. The number of carbonyl (C=O) groups excluding carboxylic acids is 6. The second kappa shape index (κ2) is 46.8. The standard InChI is InChI=1S/C55H91N3O19/c1-2-3-4-5-6-7-8-9-12-18-51(61)77-45-44-76-43-42-75-41-40-74-39-38-73-37-36-72-35-34-71-33-32-70-31-30-69-29-28-68-27-26-67-25-24-66-23-22-65-21-13-10-11-17-49(59)56-47-16-14-15-46-52(47)55(64)58(54(46)63)48-19-20-50(60)57-53(48)62/h14-16,48H,2-13,17-45H2,1H3,(H,56,59)(H,57,60,62).